The fraction of sp³-hybridized carbons (Fsp3) is 0.652. The number of hydrogen-bond acceptors (Lipinski definition) is 4. The molecule has 2 atom stereocenters. The standard InChI is InChI=1S/C23H38N4O3/c1-5-24-23(25-12-11-22(29)27-13-7-8-18(4)16-27)26-15-21(28)19-9-6-10-20(14-19)30-17(2)3/h6,9-10,14,17-18,21,28H,5,7-8,11-13,15-16H2,1-4H3,(H2,24,25,26). The maximum atomic E-state index is 12.4. The van der Waals surface area contributed by atoms with Gasteiger partial charge < -0.3 is 25.4 Å². The van der Waals surface area contributed by atoms with E-state index in [1.54, 1.807) is 0 Å². The quantitative estimate of drug-likeness (QED) is 0.424. The third-order valence-electron chi connectivity index (χ3n) is 5.02. The summed E-state index contributed by atoms with van der Waals surface area (Å²) in [5, 5.41) is 16.9. The molecule has 2 unspecified atom stereocenters. The molecule has 2 rings (SSSR count). The van der Waals surface area contributed by atoms with E-state index in [2.05, 4.69) is 22.5 Å². The van der Waals surface area contributed by atoms with Crippen LogP contribution in [-0.4, -0.2) is 60.7 Å². The van der Waals surface area contributed by atoms with Crippen LogP contribution in [0.4, 0.5) is 0 Å². The normalized spacial score (nSPS) is 18.3. The molecule has 1 amide bonds. The summed E-state index contributed by atoms with van der Waals surface area (Å²) in [6.45, 7) is 11.3. The van der Waals surface area contributed by atoms with E-state index >= 15 is 0 Å². The molecule has 0 radical (unpaired) electrons. The van der Waals surface area contributed by atoms with E-state index in [1.165, 1.54) is 6.42 Å². The Labute approximate surface area is 180 Å². The van der Waals surface area contributed by atoms with Crippen LogP contribution < -0.4 is 15.4 Å². The number of ether oxygens (including phenoxy) is 1. The average Bonchev–Trinajstić information content (AvgIpc) is 2.71. The first kappa shape index (κ1) is 24.0. The third-order valence-corrected chi connectivity index (χ3v) is 5.02. The van der Waals surface area contributed by atoms with Crippen molar-refractivity contribution in [3.8, 4) is 5.75 Å². The van der Waals surface area contributed by atoms with Crippen LogP contribution in [0, 0.1) is 5.92 Å². The molecule has 0 spiro atoms. The van der Waals surface area contributed by atoms with Crippen molar-refractivity contribution in [2.24, 2.45) is 10.9 Å². The summed E-state index contributed by atoms with van der Waals surface area (Å²) in [4.78, 5) is 18.9. The summed E-state index contributed by atoms with van der Waals surface area (Å²) in [6.07, 6.45) is 2.08. The van der Waals surface area contributed by atoms with Gasteiger partial charge in [0, 0.05) is 32.6 Å². The number of aliphatic hydroxyl groups is 1. The molecule has 1 aromatic carbocycles. The van der Waals surface area contributed by atoms with Gasteiger partial charge in [-0.1, -0.05) is 19.1 Å². The number of aliphatic hydroxyl groups excluding tert-OH is 1. The van der Waals surface area contributed by atoms with E-state index in [1.807, 2.05) is 49.9 Å². The van der Waals surface area contributed by atoms with E-state index < -0.39 is 6.10 Å². The topological polar surface area (TPSA) is 86.2 Å². The van der Waals surface area contributed by atoms with E-state index in [0.717, 1.165) is 30.8 Å². The maximum absolute atomic E-state index is 12.4. The summed E-state index contributed by atoms with van der Waals surface area (Å²) in [5.41, 5.74) is 0.766. The number of likely N-dealkylation sites (tertiary alicyclic amines) is 1. The molecule has 1 aliphatic heterocycles. The Morgan fingerprint density at radius 1 is 1.37 bits per heavy atom. The van der Waals surface area contributed by atoms with Crippen LogP contribution in [0.3, 0.4) is 0 Å². The summed E-state index contributed by atoms with van der Waals surface area (Å²) < 4.78 is 5.69. The number of benzene rings is 1. The van der Waals surface area contributed by atoms with Crippen LogP contribution in [0.2, 0.25) is 0 Å². The first-order valence-corrected chi connectivity index (χ1v) is 11.1. The first-order chi connectivity index (χ1) is 14.4. The molecule has 1 aliphatic rings. The highest BCUT2D eigenvalue weighted by molar-refractivity contribution is 5.81. The van der Waals surface area contributed by atoms with Crippen LogP contribution in [0.25, 0.3) is 0 Å². The molecule has 30 heavy (non-hydrogen) atoms. The molecule has 0 bridgehead atoms. The SMILES string of the molecule is CCNC(=NCC(O)c1cccc(OC(C)C)c1)NCCC(=O)N1CCCC(C)C1. The zero-order chi connectivity index (χ0) is 21.9. The molecule has 168 valence electrons. The van der Waals surface area contributed by atoms with E-state index in [-0.39, 0.29) is 18.6 Å². The number of carbonyl (C=O) groups is 1. The Bertz CT molecular complexity index is 693. The van der Waals surface area contributed by atoms with Crippen LogP contribution in [0.15, 0.2) is 29.3 Å². The van der Waals surface area contributed by atoms with E-state index in [0.29, 0.717) is 31.4 Å². The Hall–Kier alpha value is -2.28. The molecule has 7 nitrogen and oxygen atoms in total. The van der Waals surface area contributed by atoms with Crippen molar-refractivity contribution in [3.63, 3.8) is 0 Å². The van der Waals surface area contributed by atoms with E-state index in [4.69, 9.17) is 4.74 Å². The van der Waals surface area contributed by atoms with Crippen molar-refractivity contribution in [2.45, 2.75) is 59.2 Å². The second-order valence-corrected chi connectivity index (χ2v) is 8.24. The van der Waals surface area contributed by atoms with Crippen LogP contribution in [-0.2, 0) is 4.79 Å². The van der Waals surface area contributed by atoms with Gasteiger partial charge in [0.05, 0.1) is 18.8 Å². The van der Waals surface area contributed by atoms with Gasteiger partial charge in [-0.2, -0.15) is 0 Å². The molecule has 7 heteroatoms. The predicted molar refractivity (Wildman–Crippen MR) is 121 cm³/mol. The molecule has 0 saturated carbocycles. The minimum atomic E-state index is -0.729. The van der Waals surface area contributed by atoms with Gasteiger partial charge in [-0.3, -0.25) is 9.79 Å². The van der Waals surface area contributed by atoms with Gasteiger partial charge in [0.25, 0.3) is 0 Å². The second kappa shape index (κ2) is 12.4. The highest BCUT2D eigenvalue weighted by atomic mass is 16.5. The highest BCUT2D eigenvalue weighted by Crippen LogP contribution is 2.20. The molecule has 1 fully saturated rings. The van der Waals surface area contributed by atoms with Crippen molar-refractivity contribution >= 4 is 11.9 Å². The van der Waals surface area contributed by atoms with Crippen molar-refractivity contribution in [2.75, 3.05) is 32.7 Å². The third kappa shape index (κ3) is 8.22. The molecule has 0 aliphatic carbocycles. The summed E-state index contributed by atoms with van der Waals surface area (Å²) >= 11 is 0. The number of nitrogens with zero attached hydrogens (tertiary/aromatic N) is 2. The molecular formula is C23H38N4O3. The van der Waals surface area contributed by atoms with Crippen molar-refractivity contribution < 1.29 is 14.6 Å². The van der Waals surface area contributed by atoms with Crippen molar-refractivity contribution in [1.29, 1.82) is 0 Å². The monoisotopic (exact) mass is 418 g/mol. The predicted octanol–water partition coefficient (Wildman–Crippen LogP) is 2.71. The van der Waals surface area contributed by atoms with Crippen molar-refractivity contribution in [3.05, 3.63) is 29.8 Å². The number of amides is 1. The number of carbonyl (C=O) groups excluding carboxylic acids is 1. The Morgan fingerprint density at radius 2 is 2.17 bits per heavy atom. The Kier molecular flexibility index (Phi) is 9.94. The van der Waals surface area contributed by atoms with Gasteiger partial charge in [-0.25, -0.2) is 0 Å². The minimum Gasteiger partial charge on any atom is -0.491 e. The molecule has 3 N–H and O–H groups in total. The zero-order valence-corrected chi connectivity index (χ0v) is 18.9. The van der Waals surface area contributed by atoms with Gasteiger partial charge in [0.15, 0.2) is 5.96 Å². The molecule has 0 aromatic heterocycles. The largest absolute Gasteiger partial charge is 0.491 e. The summed E-state index contributed by atoms with van der Waals surface area (Å²) in [6, 6.07) is 7.46. The van der Waals surface area contributed by atoms with Crippen LogP contribution in [0.1, 0.15) is 58.6 Å². The lowest BCUT2D eigenvalue weighted by Gasteiger charge is -2.31. The van der Waals surface area contributed by atoms with Crippen LogP contribution in [0.5, 0.6) is 5.75 Å². The van der Waals surface area contributed by atoms with E-state index in [9.17, 15) is 9.90 Å². The first-order valence-electron chi connectivity index (χ1n) is 11.1. The smallest absolute Gasteiger partial charge is 0.224 e. The lowest BCUT2D eigenvalue weighted by molar-refractivity contribution is -0.132. The van der Waals surface area contributed by atoms with Gasteiger partial charge in [0.1, 0.15) is 5.75 Å². The number of nitrogens with one attached hydrogen (secondary N) is 2. The molecule has 1 aromatic rings. The second-order valence-electron chi connectivity index (χ2n) is 8.24. The highest BCUT2D eigenvalue weighted by Gasteiger charge is 2.20. The fourth-order valence-electron chi connectivity index (χ4n) is 3.55. The lowest BCUT2D eigenvalue weighted by Crippen LogP contribution is -2.42. The van der Waals surface area contributed by atoms with Crippen LogP contribution >= 0.6 is 0 Å². The maximum Gasteiger partial charge on any atom is 0.224 e. The zero-order valence-electron chi connectivity index (χ0n) is 18.9. The molecular weight excluding hydrogens is 380 g/mol. The van der Waals surface area contributed by atoms with Gasteiger partial charge in [-0.15, -0.1) is 0 Å². The molecule has 1 saturated heterocycles. The lowest BCUT2D eigenvalue weighted by atomic mass is 10.00. The van der Waals surface area contributed by atoms with Gasteiger partial charge in [0.2, 0.25) is 5.91 Å². The number of aliphatic imine (C=N–C) groups is 1. The summed E-state index contributed by atoms with van der Waals surface area (Å²) in [7, 11) is 0. The summed E-state index contributed by atoms with van der Waals surface area (Å²) in [5.74, 6) is 2.11. The number of rotatable bonds is 9. The fourth-order valence-corrected chi connectivity index (χ4v) is 3.55. The number of guanidine groups is 1. The van der Waals surface area contributed by atoms with Gasteiger partial charge in [-0.05, 0) is 57.2 Å². The minimum absolute atomic E-state index is 0.0795. The Balaban J connectivity index is 1.85. The molecule has 1 heterocycles. The van der Waals surface area contributed by atoms with Gasteiger partial charge >= 0.3 is 0 Å². The number of hydrogen-bond donors (Lipinski definition) is 3. The average molecular weight is 419 g/mol. The number of piperidine rings is 1. The van der Waals surface area contributed by atoms with Crippen molar-refractivity contribution in [1.82, 2.24) is 15.5 Å². The Morgan fingerprint density at radius 3 is 2.87 bits per heavy atom.